The first-order chi connectivity index (χ1) is 21.1. The van der Waals surface area contributed by atoms with Crippen molar-refractivity contribution >= 4 is 14.9 Å². The molecule has 0 aliphatic heterocycles. The zero-order chi connectivity index (χ0) is 32.2. The zero-order valence-corrected chi connectivity index (χ0v) is 34.1. The van der Waals surface area contributed by atoms with Crippen LogP contribution in [-0.2, 0) is 38.5 Å². The maximum atomic E-state index is 2.78. The largest absolute Gasteiger partial charge is 1.00 e. The van der Waals surface area contributed by atoms with E-state index in [9.17, 15) is 0 Å². The predicted octanol–water partition coefficient (Wildman–Crippen LogP) is 5.74. The van der Waals surface area contributed by atoms with Crippen LogP contribution in [0.3, 0.4) is 0 Å². The fourth-order valence-corrected chi connectivity index (χ4v) is 18.3. The van der Waals surface area contributed by atoms with Gasteiger partial charge in [0.2, 0.25) is 0 Å². The standard InChI is InChI=1S/C25H25.C12H19.C7H6.2ClH.Zr/c1-14-12-24(3,4)22-8-16-7-17-9-23-19(15(2)13-25(23,5)6)11-21(17)20(16)10-18(14)22;1-6-10-7-9(2)8-11(10)12(3,4)5;1-7-5-3-2-4-6-7;;;/h8-12H,7H2,1-6H3;8-9H,6H2,1-5H3;1-6H;2*1H;/q;;;;;+2/p-2. The number of halogens is 2. The summed E-state index contributed by atoms with van der Waals surface area (Å²) in [7, 11) is 0. The Labute approximate surface area is 304 Å². The van der Waals surface area contributed by atoms with E-state index in [0.717, 1.165) is 12.8 Å². The zero-order valence-electron chi connectivity index (χ0n) is 30.2. The smallest absolute Gasteiger partial charge is 1.00 e. The summed E-state index contributed by atoms with van der Waals surface area (Å²) in [6, 6.07) is 21.5. The summed E-state index contributed by atoms with van der Waals surface area (Å²) in [4.78, 5) is 0. The Morgan fingerprint density at radius 2 is 1.43 bits per heavy atom. The number of hydrogen-bond acceptors (Lipinski definition) is 0. The van der Waals surface area contributed by atoms with Gasteiger partial charge in [0.15, 0.2) is 0 Å². The maximum Gasteiger partial charge on any atom is -1.00 e. The molecule has 4 aliphatic carbocycles. The fourth-order valence-electron chi connectivity index (χ4n) is 9.29. The third-order valence-corrected chi connectivity index (χ3v) is 19.9. The van der Waals surface area contributed by atoms with Gasteiger partial charge in [-0.15, -0.1) is 0 Å². The van der Waals surface area contributed by atoms with E-state index in [4.69, 9.17) is 0 Å². The molecule has 0 fully saturated rings. The van der Waals surface area contributed by atoms with Crippen molar-refractivity contribution in [2.24, 2.45) is 11.3 Å². The minimum absolute atomic E-state index is 0. The summed E-state index contributed by atoms with van der Waals surface area (Å²) in [5, 5.41) is 0. The third-order valence-electron chi connectivity index (χ3n) is 11.3. The Morgan fingerprint density at radius 1 is 0.830 bits per heavy atom. The van der Waals surface area contributed by atoms with Crippen LogP contribution in [0.15, 0.2) is 84.5 Å². The second-order valence-corrected chi connectivity index (χ2v) is 21.6. The van der Waals surface area contributed by atoms with Crippen molar-refractivity contribution in [2.75, 3.05) is 0 Å². The van der Waals surface area contributed by atoms with E-state index in [1.54, 1.807) is 25.6 Å². The Bertz CT molecular complexity index is 1950. The normalized spacial score (nSPS) is 19.9. The molecule has 0 bridgehead atoms. The second-order valence-electron chi connectivity index (χ2n) is 16.3. The van der Waals surface area contributed by atoms with Crippen molar-refractivity contribution in [3.63, 3.8) is 0 Å². The molecule has 3 heteroatoms. The van der Waals surface area contributed by atoms with Gasteiger partial charge in [0.1, 0.15) is 0 Å². The molecule has 0 N–H and O–H groups in total. The van der Waals surface area contributed by atoms with E-state index in [2.05, 4.69) is 147 Å². The molecular formula is C44H50Cl2Zr. The molecule has 0 saturated heterocycles. The van der Waals surface area contributed by atoms with Crippen molar-refractivity contribution in [2.45, 2.75) is 99.8 Å². The van der Waals surface area contributed by atoms with Gasteiger partial charge in [-0.1, -0.05) is 0 Å². The fraction of sp³-hybridized carbons (Fsp3) is 0.386. The monoisotopic (exact) mass is 738 g/mol. The molecule has 0 saturated carbocycles. The number of allylic oxidation sites excluding steroid dienone is 8. The summed E-state index contributed by atoms with van der Waals surface area (Å²) in [6.45, 7) is 26.7. The van der Waals surface area contributed by atoms with Crippen molar-refractivity contribution in [3.05, 3.63) is 123 Å². The molecule has 47 heavy (non-hydrogen) atoms. The van der Waals surface area contributed by atoms with Gasteiger partial charge in [0, 0.05) is 0 Å². The summed E-state index contributed by atoms with van der Waals surface area (Å²) in [6.07, 6.45) is 7.25. The van der Waals surface area contributed by atoms with Crippen LogP contribution in [0.5, 0.6) is 0 Å². The molecule has 244 valence electrons. The van der Waals surface area contributed by atoms with Crippen LogP contribution in [0.25, 0.3) is 22.3 Å². The van der Waals surface area contributed by atoms with Crippen LogP contribution in [0.1, 0.15) is 122 Å². The number of rotatable bonds is 4. The van der Waals surface area contributed by atoms with Crippen LogP contribution in [0.2, 0.25) is 0 Å². The van der Waals surface area contributed by atoms with Crippen molar-refractivity contribution < 1.29 is 46.1 Å². The van der Waals surface area contributed by atoms with E-state index >= 15 is 0 Å². The van der Waals surface area contributed by atoms with Gasteiger partial charge in [-0.3, -0.25) is 0 Å². The van der Waals surface area contributed by atoms with Crippen molar-refractivity contribution in [3.8, 4) is 11.1 Å². The minimum Gasteiger partial charge on any atom is -1.00 e. The van der Waals surface area contributed by atoms with Gasteiger partial charge >= 0.3 is 282 Å². The molecular weight excluding hydrogens is 691 g/mol. The van der Waals surface area contributed by atoms with E-state index < -0.39 is 21.3 Å². The van der Waals surface area contributed by atoms with Crippen LogP contribution >= 0.6 is 0 Å². The first-order valence-electron chi connectivity index (χ1n) is 17.1. The van der Waals surface area contributed by atoms with E-state index in [1.807, 2.05) is 3.28 Å². The summed E-state index contributed by atoms with van der Waals surface area (Å²) in [5.41, 5.74) is 19.9. The minimum atomic E-state index is -2.55. The molecule has 3 aromatic carbocycles. The van der Waals surface area contributed by atoms with Crippen LogP contribution in [0, 0.1) is 11.3 Å². The first-order valence-corrected chi connectivity index (χ1v) is 21.0. The van der Waals surface area contributed by atoms with Gasteiger partial charge in [-0.25, -0.2) is 0 Å². The Kier molecular flexibility index (Phi) is 9.54. The first kappa shape index (κ1) is 36.2. The number of fused-ring (bicyclic) bond motifs is 5. The molecule has 4 aliphatic rings. The molecule has 3 aromatic rings. The number of benzene rings is 3. The van der Waals surface area contributed by atoms with E-state index in [-0.39, 0.29) is 41.1 Å². The van der Waals surface area contributed by atoms with Crippen molar-refractivity contribution in [1.82, 2.24) is 0 Å². The molecule has 7 rings (SSSR count). The van der Waals surface area contributed by atoms with Gasteiger partial charge < -0.3 is 24.8 Å². The van der Waals surface area contributed by atoms with Gasteiger partial charge in [-0.2, -0.15) is 0 Å². The maximum absolute atomic E-state index is 2.78. The molecule has 0 nitrogen and oxygen atoms in total. The van der Waals surface area contributed by atoms with Crippen molar-refractivity contribution in [1.29, 1.82) is 0 Å². The molecule has 1 unspecified atom stereocenters. The Morgan fingerprint density at radius 3 is 2.02 bits per heavy atom. The second kappa shape index (κ2) is 12.4. The summed E-state index contributed by atoms with van der Waals surface area (Å²) < 4.78 is 6.36. The SMILES string of the molecule is CCC1=[C]([Zr+2](=[CH]c2ccccc2)[C]2=C(C)c3cc4c(cc3C2(C)C)Cc2cc3c(cc2-4)C(C)=CC3(C)C)C(C)C=C1C(C)(C)C.[Cl-].[Cl-]. The number of hydrogen-bond donors (Lipinski definition) is 0. The average molecular weight is 741 g/mol. The van der Waals surface area contributed by atoms with Crippen LogP contribution in [0.4, 0.5) is 0 Å². The molecule has 0 radical (unpaired) electrons. The Balaban J connectivity index is 0.00000217. The molecule has 0 amide bonds. The quantitative estimate of drug-likeness (QED) is 0.251. The topological polar surface area (TPSA) is 0 Å². The van der Waals surface area contributed by atoms with Crippen LogP contribution < -0.4 is 24.8 Å². The molecule has 0 aromatic heterocycles. The van der Waals surface area contributed by atoms with Gasteiger partial charge in [0.25, 0.3) is 0 Å². The molecule has 0 spiro atoms. The predicted molar refractivity (Wildman–Crippen MR) is 193 cm³/mol. The van der Waals surface area contributed by atoms with E-state index in [0.29, 0.717) is 5.92 Å². The summed E-state index contributed by atoms with van der Waals surface area (Å²) in [5.74, 6) is 0.503. The van der Waals surface area contributed by atoms with Crippen LogP contribution in [-0.4, -0.2) is 3.71 Å². The summed E-state index contributed by atoms with van der Waals surface area (Å²) >= 11 is -2.55. The van der Waals surface area contributed by atoms with Gasteiger partial charge in [0.05, 0.1) is 0 Å². The average Bonchev–Trinajstić information content (AvgIpc) is 3.63. The third kappa shape index (κ3) is 5.66. The van der Waals surface area contributed by atoms with E-state index in [1.165, 1.54) is 50.1 Å². The van der Waals surface area contributed by atoms with Gasteiger partial charge in [-0.05, 0) is 0 Å². The Hall–Kier alpha value is -2.05. The molecule has 1 atom stereocenters. The molecule has 0 heterocycles.